The van der Waals surface area contributed by atoms with Gasteiger partial charge in [-0.05, 0) is 35.6 Å². The first-order chi connectivity index (χ1) is 15.0. The number of fused-ring (bicyclic) bond motifs is 2. The van der Waals surface area contributed by atoms with Crippen LogP contribution in [0.5, 0.6) is 0 Å². The van der Waals surface area contributed by atoms with E-state index in [0.29, 0.717) is 15.1 Å². The Kier molecular flexibility index (Phi) is 4.82. The van der Waals surface area contributed by atoms with Crippen molar-refractivity contribution in [3.05, 3.63) is 103 Å². The Balaban J connectivity index is 1.49. The van der Waals surface area contributed by atoms with Crippen molar-refractivity contribution in [1.29, 1.82) is 0 Å². The van der Waals surface area contributed by atoms with Gasteiger partial charge in [-0.1, -0.05) is 54.6 Å². The number of carbonyl (C=O) groups excluding carboxylic acids is 1. The van der Waals surface area contributed by atoms with Crippen molar-refractivity contribution in [2.75, 3.05) is 0 Å². The average Bonchev–Trinajstić information content (AvgIpc) is 3.41. The third-order valence-corrected chi connectivity index (χ3v) is 7.07. The summed E-state index contributed by atoms with van der Waals surface area (Å²) in [7, 11) is 1.64. The molecule has 1 N–H and O–H groups in total. The van der Waals surface area contributed by atoms with E-state index in [1.807, 2.05) is 48.5 Å². The number of nitrogens with one attached hydrogen (secondary N) is 1. The summed E-state index contributed by atoms with van der Waals surface area (Å²) in [5, 5.41) is 3.48. The molecule has 6 nitrogen and oxygen atoms in total. The van der Waals surface area contributed by atoms with Crippen LogP contribution in [0, 0.1) is 0 Å². The molecule has 0 bridgehead atoms. The molecular weight excluding hydrogens is 410 g/mol. The molecule has 7 heteroatoms. The fourth-order valence-electron chi connectivity index (χ4n) is 4.24. The van der Waals surface area contributed by atoms with Crippen LogP contribution in [-0.2, 0) is 20.0 Å². The number of thiophene rings is 1. The number of hydrogen-bond acceptors (Lipinski definition) is 4. The number of nitrogens with zero attached hydrogens (tertiary/aromatic N) is 2. The fraction of sp³-hybridized carbons (Fsp3) is 0.208. The van der Waals surface area contributed by atoms with Gasteiger partial charge in [-0.15, -0.1) is 11.3 Å². The third-order valence-electron chi connectivity index (χ3n) is 5.86. The van der Waals surface area contributed by atoms with Gasteiger partial charge in [-0.25, -0.2) is 4.79 Å². The highest BCUT2D eigenvalue weighted by molar-refractivity contribution is 7.20. The second-order valence-corrected chi connectivity index (χ2v) is 8.84. The molecule has 2 aromatic heterocycles. The molecule has 0 radical (unpaired) electrons. The number of aromatic nitrogens is 2. The summed E-state index contributed by atoms with van der Waals surface area (Å²) in [5.74, 6) is -0.218. The lowest BCUT2D eigenvalue weighted by atomic mass is 10.1. The summed E-state index contributed by atoms with van der Waals surface area (Å²) in [5.41, 5.74) is 2.52. The highest BCUT2D eigenvalue weighted by atomic mass is 32.1. The molecule has 156 valence electrons. The van der Waals surface area contributed by atoms with Gasteiger partial charge in [0.1, 0.15) is 4.83 Å². The lowest BCUT2D eigenvalue weighted by molar-refractivity contribution is 0.0941. The molecule has 0 fully saturated rings. The van der Waals surface area contributed by atoms with Crippen LogP contribution in [0.2, 0.25) is 0 Å². The molecule has 0 saturated heterocycles. The van der Waals surface area contributed by atoms with Crippen molar-refractivity contribution in [2.45, 2.75) is 25.4 Å². The summed E-state index contributed by atoms with van der Waals surface area (Å²) in [6, 6.07) is 19.1. The molecule has 1 aliphatic rings. The maximum Gasteiger partial charge on any atom is 0.332 e. The van der Waals surface area contributed by atoms with Gasteiger partial charge in [0.2, 0.25) is 0 Å². The van der Waals surface area contributed by atoms with Gasteiger partial charge in [-0.3, -0.25) is 18.7 Å². The smallest absolute Gasteiger partial charge is 0.332 e. The van der Waals surface area contributed by atoms with Gasteiger partial charge in [0.15, 0.2) is 0 Å². The number of carbonyl (C=O) groups is 1. The van der Waals surface area contributed by atoms with Crippen molar-refractivity contribution in [3.63, 3.8) is 0 Å². The molecule has 0 spiro atoms. The van der Waals surface area contributed by atoms with Gasteiger partial charge in [0, 0.05) is 7.05 Å². The second kappa shape index (κ2) is 7.67. The summed E-state index contributed by atoms with van der Waals surface area (Å²) < 4.78 is 2.67. The number of amides is 1. The Morgan fingerprint density at radius 1 is 1.10 bits per heavy atom. The van der Waals surface area contributed by atoms with Crippen molar-refractivity contribution in [1.82, 2.24) is 14.5 Å². The first-order valence-electron chi connectivity index (χ1n) is 10.2. The highest BCUT2D eigenvalue weighted by Crippen LogP contribution is 2.31. The maximum atomic E-state index is 13.1. The molecule has 2 heterocycles. The molecular formula is C24H21N3O3S. The Morgan fingerprint density at radius 3 is 2.65 bits per heavy atom. The van der Waals surface area contributed by atoms with Crippen LogP contribution in [0.3, 0.4) is 0 Å². The predicted octanol–water partition coefficient (Wildman–Crippen LogP) is 3.23. The molecule has 1 amide bonds. The van der Waals surface area contributed by atoms with E-state index in [0.717, 1.165) is 24.0 Å². The van der Waals surface area contributed by atoms with Crippen LogP contribution < -0.4 is 16.6 Å². The highest BCUT2D eigenvalue weighted by Gasteiger charge is 2.25. The molecule has 31 heavy (non-hydrogen) atoms. The predicted molar refractivity (Wildman–Crippen MR) is 122 cm³/mol. The number of rotatable bonds is 4. The van der Waals surface area contributed by atoms with Crippen LogP contribution in [0.15, 0.2) is 70.3 Å². The largest absolute Gasteiger partial charge is 0.345 e. The van der Waals surface area contributed by atoms with E-state index in [1.54, 1.807) is 13.1 Å². The lowest BCUT2D eigenvalue weighted by Crippen LogP contribution is -2.38. The van der Waals surface area contributed by atoms with Crippen molar-refractivity contribution in [3.8, 4) is 0 Å². The number of hydrogen-bond donors (Lipinski definition) is 1. The summed E-state index contributed by atoms with van der Waals surface area (Å²) in [6.45, 7) is 0.193. The quantitative estimate of drug-likeness (QED) is 0.539. The Bertz CT molecular complexity index is 1420. The minimum Gasteiger partial charge on any atom is -0.345 e. The molecule has 1 unspecified atom stereocenters. The first kappa shape index (κ1) is 19.5. The Labute approximate surface area is 182 Å². The number of aryl methyl sites for hydroxylation is 2. The molecule has 0 aliphatic heterocycles. The van der Waals surface area contributed by atoms with Gasteiger partial charge in [0.05, 0.1) is 22.8 Å². The van der Waals surface area contributed by atoms with E-state index in [4.69, 9.17) is 0 Å². The first-order valence-corrected chi connectivity index (χ1v) is 11.0. The van der Waals surface area contributed by atoms with E-state index in [9.17, 15) is 14.4 Å². The summed E-state index contributed by atoms with van der Waals surface area (Å²) in [4.78, 5) is 39.8. The Hall–Kier alpha value is -3.45. The molecule has 1 atom stereocenters. The minimum absolute atomic E-state index is 0.0347. The summed E-state index contributed by atoms with van der Waals surface area (Å²) in [6.07, 6.45) is 1.80. The van der Waals surface area contributed by atoms with Crippen LogP contribution in [0.25, 0.3) is 10.2 Å². The van der Waals surface area contributed by atoms with Crippen molar-refractivity contribution in [2.24, 2.45) is 7.05 Å². The second-order valence-electron chi connectivity index (χ2n) is 7.81. The van der Waals surface area contributed by atoms with Gasteiger partial charge >= 0.3 is 5.69 Å². The van der Waals surface area contributed by atoms with E-state index in [-0.39, 0.29) is 29.7 Å². The van der Waals surface area contributed by atoms with Crippen LogP contribution in [0.1, 0.15) is 38.8 Å². The average molecular weight is 432 g/mol. The molecule has 2 aromatic carbocycles. The van der Waals surface area contributed by atoms with Gasteiger partial charge in [0.25, 0.3) is 11.5 Å². The number of benzene rings is 2. The van der Waals surface area contributed by atoms with E-state index < -0.39 is 0 Å². The monoisotopic (exact) mass is 431 g/mol. The lowest BCUT2D eigenvalue weighted by Gasteiger charge is -2.13. The zero-order valence-electron chi connectivity index (χ0n) is 17.0. The Morgan fingerprint density at radius 2 is 1.84 bits per heavy atom. The fourth-order valence-corrected chi connectivity index (χ4v) is 5.25. The van der Waals surface area contributed by atoms with E-state index in [2.05, 4.69) is 11.4 Å². The molecule has 5 rings (SSSR count). The summed E-state index contributed by atoms with van der Waals surface area (Å²) >= 11 is 1.18. The van der Waals surface area contributed by atoms with Gasteiger partial charge in [-0.2, -0.15) is 0 Å². The molecule has 4 aromatic rings. The zero-order chi connectivity index (χ0) is 21.5. The van der Waals surface area contributed by atoms with Crippen LogP contribution in [-0.4, -0.2) is 15.0 Å². The van der Waals surface area contributed by atoms with Crippen molar-refractivity contribution >= 4 is 27.5 Å². The van der Waals surface area contributed by atoms with Crippen molar-refractivity contribution < 1.29 is 4.79 Å². The SMILES string of the molecule is Cn1c(=O)n(Cc2ccccc2)c(=O)c2cc(C(=O)NC3CCc4ccccc43)sc21. The normalized spacial score (nSPS) is 15.2. The zero-order valence-corrected chi connectivity index (χ0v) is 17.8. The topological polar surface area (TPSA) is 73.1 Å². The molecule has 1 aliphatic carbocycles. The van der Waals surface area contributed by atoms with E-state index in [1.165, 1.54) is 26.0 Å². The van der Waals surface area contributed by atoms with Gasteiger partial charge < -0.3 is 5.32 Å². The molecule has 0 saturated carbocycles. The van der Waals surface area contributed by atoms with Crippen LogP contribution >= 0.6 is 11.3 Å². The minimum atomic E-state index is -0.389. The van der Waals surface area contributed by atoms with Crippen LogP contribution in [0.4, 0.5) is 0 Å². The standard InChI is InChI=1S/C24H21N3O3S/c1-26-23-18(22(29)27(24(26)30)14-15-7-3-2-4-8-15)13-20(31-23)21(28)25-19-12-11-16-9-5-6-10-17(16)19/h2-10,13,19H,11-12,14H2,1H3,(H,25,28). The maximum absolute atomic E-state index is 13.1. The van der Waals surface area contributed by atoms with E-state index >= 15 is 0 Å². The third kappa shape index (κ3) is 3.41.